The summed E-state index contributed by atoms with van der Waals surface area (Å²) >= 11 is 3.57. The highest BCUT2D eigenvalue weighted by molar-refractivity contribution is 9.10. The van der Waals surface area contributed by atoms with Gasteiger partial charge in [0.1, 0.15) is 0 Å². The monoisotopic (exact) mass is 343 g/mol. The highest BCUT2D eigenvalue weighted by atomic mass is 79.9. The lowest BCUT2D eigenvalue weighted by Gasteiger charge is -2.26. The SMILES string of the molecule is CCC(N)C(OCCOC(C)(C)C)c1ccccc1Br. The molecular formula is C16H26BrNO2. The molecule has 0 saturated heterocycles. The van der Waals surface area contributed by atoms with Crippen LogP contribution in [-0.4, -0.2) is 24.9 Å². The van der Waals surface area contributed by atoms with E-state index in [1.165, 1.54) is 0 Å². The molecule has 1 aromatic rings. The van der Waals surface area contributed by atoms with E-state index >= 15 is 0 Å². The van der Waals surface area contributed by atoms with Gasteiger partial charge in [0.25, 0.3) is 0 Å². The van der Waals surface area contributed by atoms with Crippen molar-refractivity contribution in [3.05, 3.63) is 34.3 Å². The van der Waals surface area contributed by atoms with Crippen molar-refractivity contribution in [3.63, 3.8) is 0 Å². The molecule has 0 aliphatic carbocycles. The summed E-state index contributed by atoms with van der Waals surface area (Å²) < 4.78 is 12.7. The summed E-state index contributed by atoms with van der Waals surface area (Å²) in [6.07, 6.45) is 0.755. The number of nitrogens with two attached hydrogens (primary N) is 1. The normalized spacial score (nSPS) is 15.1. The standard InChI is InChI=1S/C16H26BrNO2/c1-5-14(18)15(12-8-6-7-9-13(12)17)19-10-11-20-16(2,3)4/h6-9,14-15H,5,10-11,18H2,1-4H3. The number of hydrogen-bond acceptors (Lipinski definition) is 3. The molecule has 0 radical (unpaired) electrons. The van der Waals surface area contributed by atoms with E-state index in [4.69, 9.17) is 15.2 Å². The Morgan fingerprint density at radius 2 is 1.85 bits per heavy atom. The Bertz CT molecular complexity index is 404. The van der Waals surface area contributed by atoms with Crippen LogP contribution in [-0.2, 0) is 9.47 Å². The van der Waals surface area contributed by atoms with Crippen LogP contribution in [0.25, 0.3) is 0 Å². The maximum Gasteiger partial charge on any atom is 0.0987 e. The van der Waals surface area contributed by atoms with E-state index in [9.17, 15) is 0 Å². The van der Waals surface area contributed by atoms with E-state index in [1.54, 1.807) is 0 Å². The maximum atomic E-state index is 6.20. The molecule has 1 aromatic carbocycles. The molecule has 4 heteroatoms. The van der Waals surface area contributed by atoms with Crippen LogP contribution in [0.15, 0.2) is 28.7 Å². The lowest BCUT2D eigenvalue weighted by atomic mass is 10.0. The molecule has 0 saturated carbocycles. The Morgan fingerprint density at radius 1 is 1.20 bits per heavy atom. The quantitative estimate of drug-likeness (QED) is 0.759. The number of benzene rings is 1. The van der Waals surface area contributed by atoms with Crippen molar-refractivity contribution in [2.75, 3.05) is 13.2 Å². The molecule has 0 bridgehead atoms. The van der Waals surface area contributed by atoms with Gasteiger partial charge >= 0.3 is 0 Å². The van der Waals surface area contributed by atoms with Crippen molar-refractivity contribution in [2.45, 2.75) is 51.9 Å². The second-order valence-corrected chi connectivity index (χ2v) is 6.70. The summed E-state index contributed by atoms with van der Waals surface area (Å²) in [6.45, 7) is 9.30. The number of halogens is 1. The predicted molar refractivity (Wildman–Crippen MR) is 86.8 cm³/mol. The van der Waals surface area contributed by atoms with Crippen LogP contribution >= 0.6 is 15.9 Å². The Kier molecular flexibility index (Phi) is 7.17. The fourth-order valence-electron chi connectivity index (χ4n) is 1.89. The van der Waals surface area contributed by atoms with Crippen LogP contribution in [0.3, 0.4) is 0 Å². The largest absolute Gasteiger partial charge is 0.373 e. The van der Waals surface area contributed by atoms with Crippen LogP contribution in [0.4, 0.5) is 0 Å². The molecule has 0 amide bonds. The Labute approximate surface area is 131 Å². The Balaban J connectivity index is 2.65. The molecule has 0 spiro atoms. The molecule has 2 N–H and O–H groups in total. The van der Waals surface area contributed by atoms with Crippen LogP contribution in [0.2, 0.25) is 0 Å². The zero-order valence-corrected chi connectivity index (χ0v) is 14.4. The zero-order valence-electron chi connectivity index (χ0n) is 12.9. The summed E-state index contributed by atoms with van der Waals surface area (Å²) in [4.78, 5) is 0. The molecular weight excluding hydrogens is 318 g/mol. The highest BCUT2D eigenvalue weighted by Gasteiger charge is 2.21. The van der Waals surface area contributed by atoms with Crippen molar-refractivity contribution >= 4 is 15.9 Å². The Hall–Kier alpha value is -0.420. The first-order valence-corrected chi connectivity index (χ1v) is 7.90. The molecule has 1 rings (SSSR count). The molecule has 114 valence electrons. The summed E-state index contributed by atoms with van der Waals surface area (Å²) in [5.74, 6) is 0. The van der Waals surface area contributed by atoms with Gasteiger partial charge in [-0.3, -0.25) is 0 Å². The molecule has 0 fully saturated rings. The highest BCUT2D eigenvalue weighted by Crippen LogP contribution is 2.28. The lowest BCUT2D eigenvalue weighted by Crippen LogP contribution is -2.31. The summed E-state index contributed by atoms with van der Waals surface area (Å²) in [6, 6.07) is 8.03. The molecule has 2 unspecified atom stereocenters. The molecule has 2 atom stereocenters. The van der Waals surface area contributed by atoms with Gasteiger partial charge in [-0.25, -0.2) is 0 Å². The van der Waals surface area contributed by atoms with E-state index in [-0.39, 0.29) is 17.7 Å². The molecule has 0 aromatic heterocycles. The average Bonchev–Trinajstić information content (AvgIpc) is 2.38. The molecule has 20 heavy (non-hydrogen) atoms. The van der Waals surface area contributed by atoms with Gasteiger partial charge in [0.05, 0.1) is 24.9 Å². The lowest BCUT2D eigenvalue weighted by molar-refractivity contribution is -0.0572. The van der Waals surface area contributed by atoms with E-state index in [1.807, 2.05) is 39.0 Å². The van der Waals surface area contributed by atoms with Crippen LogP contribution in [0.5, 0.6) is 0 Å². The van der Waals surface area contributed by atoms with E-state index < -0.39 is 0 Å². The third kappa shape index (κ3) is 5.92. The van der Waals surface area contributed by atoms with Crippen molar-refractivity contribution in [3.8, 4) is 0 Å². The van der Waals surface area contributed by atoms with Crippen molar-refractivity contribution < 1.29 is 9.47 Å². The van der Waals surface area contributed by atoms with Gasteiger partial charge in [-0.1, -0.05) is 41.1 Å². The molecule has 0 heterocycles. The first-order chi connectivity index (χ1) is 9.35. The summed E-state index contributed by atoms with van der Waals surface area (Å²) in [5.41, 5.74) is 7.15. The smallest absolute Gasteiger partial charge is 0.0987 e. The average molecular weight is 344 g/mol. The topological polar surface area (TPSA) is 44.5 Å². The van der Waals surface area contributed by atoms with Crippen LogP contribution < -0.4 is 5.73 Å². The van der Waals surface area contributed by atoms with E-state index in [2.05, 4.69) is 28.9 Å². The maximum absolute atomic E-state index is 6.20. The second-order valence-electron chi connectivity index (χ2n) is 5.85. The number of hydrogen-bond donors (Lipinski definition) is 1. The van der Waals surface area contributed by atoms with Crippen molar-refractivity contribution in [1.82, 2.24) is 0 Å². The van der Waals surface area contributed by atoms with Crippen LogP contribution in [0, 0.1) is 0 Å². The molecule has 0 aliphatic heterocycles. The zero-order chi connectivity index (χ0) is 15.2. The third-order valence-electron chi connectivity index (χ3n) is 2.99. The third-order valence-corrected chi connectivity index (χ3v) is 3.71. The first kappa shape index (κ1) is 17.6. The minimum atomic E-state index is -0.140. The van der Waals surface area contributed by atoms with Gasteiger partial charge in [0.15, 0.2) is 0 Å². The van der Waals surface area contributed by atoms with Gasteiger partial charge in [-0.15, -0.1) is 0 Å². The van der Waals surface area contributed by atoms with Gasteiger partial charge in [0.2, 0.25) is 0 Å². The Morgan fingerprint density at radius 3 is 2.40 bits per heavy atom. The van der Waals surface area contributed by atoms with Gasteiger partial charge in [-0.2, -0.15) is 0 Å². The van der Waals surface area contributed by atoms with Crippen molar-refractivity contribution in [1.29, 1.82) is 0 Å². The predicted octanol–water partition coefficient (Wildman–Crippen LogP) is 4.06. The minimum Gasteiger partial charge on any atom is -0.373 e. The van der Waals surface area contributed by atoms with Crippen molar-refractivity contribution in [2.24, 2.45) is 5.73 Å². The van der Waals surface area contributed by atoms with Gasteiger partial charge < -0.3 is 15.2 Å². The fraction of sp³-hybridized carbons (Fsp3) is 0.625. The van der Waals surface area contributed by atoms with Crippen LogP contribution in [0.1, 0.15) is 45.8 Å². The summed E-state index contributed by atoms with van der Waals surface area (Å²) in [7, 11) is 0. The van der Waals surface area contributed by atoms with Gasteiger partial charge in [0, 0.05) is 10.5 Å². The number of ether oxygens (including phenoxy) is 2. The molecule has 0 aliphatic rings. The molecule has 3 nitrogen and oxygen atoms in total. The minimum absolute atomic E-state index is 0.0247. The first-order valence-electron chi connectivity index (χ1n) is 7.10. The second kappa shape index (κ2) is 8.13. The van der Waals surface area contributed by atoms with Gasteiger partial charge in [-0.05, 0) is 38.8 Å². The van der Waals surface area contributed by atoms with E-state index in [0.29, 0.717) is 13.2 Å². The number of rotatable bonds is 7. The van der Waals surface area contributed by atoms with E-state index in [0.717, 1.165) is 16.5 Å². The fourth-order valence-corrected chi connectivity index (χ4v) is 2.40. The summed E-state index contributed by atoms with van der Waals surface area (Å²) in [5, 5.41) is 0.